The van der Waals surface area contributed by atoms with Crippen molar-refractivity contribution in [3.8, 4) is 5.69 Å². The molecule has 0 spiro atoms. The molecule has 0 amide bonds. The van der Waals surface area contributed by atoms with Crippen molar-refractivity contribution in [1.29, 1.82) is 0 Å². The zero-order valence-corrected chi connectivity index (χ0v) is 6.88. The molecular formula is C8H9N5. The Morgan fingerprint density at radius 3 is 2.31 bits per heavy atom. The Labute approximate surface area is 75.0 Å². The maximum atomic E-state index is 5.65. The summed E-state index contributed by atoms with van der Waals surface area (Å²) in [5.41, 5.74) is 13.3. The fourth-order valence-corrected chi connectivity index (χ4v) is 1.06. The lowest BCUT2D eigenvalue weighted by Crippen LogP contribution is -1.97. The lowest BCUT2D eigenvalue weighted by Gasteiger charge is -2.03. The molecule has 0 aliphatic rings. The van der Waals surface area contributed by atoms with Gasteiger partial charge in [-0.15, -0.1) is 10.2 Å². The van der Waals surface area contributed by atoms with E-state index in [2.05, 4.69) is 10.2 Å². The number of nitrogen functional groups attached to an aromatic ring is 2. The largest absolute Gasteiger partial charge is 0.397 e. The van der Waals surface area contributed by atoms with E-state index < -0.39 is 0 Å². The summed E-state index contributed by atoms with van der Waals surface area (Å²) in [6, 6.07) is 5.39. The second kappa shape index (κ2) is 2.78. The molecule has 0 unspecified atom stereocenters. The molecule has 0 saturated heterocycles. The van der Waals surface area contributed by atoms with E-state index in [1.165, 1.54) is 0 Å². The molecule has 1 aromatic carbocycles. The molecule has 0 aliphatic heterocycles. The summed E-state index contributed by atoms with van der Waals surface area (Å²) < 4.78 is 1.76. The van der Waals surface area contributed by atoms with Crippen LogP contribution in [0.1, 0.15) is 0 Å². The molecular weight excluding hydrogens is 166 g/mol. The summed E-state index contributed by atoms with van der Waals surface area (Å²) >= 11 is 0. The third-order valence-corrected chi connectivity index (χ3v) is 1.79. The zero-order valence-electron chi connectivity index (χ0n) is 6.88. The number of benzene rings is 1. The van der Waals surface area contributed by atoms with E-state index in [1.807, 2.05) is 6.07 Å². The van der Waals surface area contributed by atoms with Crippen LogP contribution in [0, 0.1) is 0 Å². The lowest BCUT2D eigenvalue weighted by molar-refractivity contribution is 1.06. The van der Waals surface area contributed by atoms with Gasteiger partial charge in [-0.2, -0.15) is 0 Å². The van der Waals surface area contributed by atoms with E-state index in [-0.39, 0.29) is 0 Å². The van der Waals surface area contributed by atoms with Gasteiger partial charge in [0.15, 0.2) is 0 Å². The van der Waals surface area contributed by atoms with Crippen molar-refractivity contribution >= 4 is 11.4 Å². The minimum atomic E-state index is 0.561. The maximum absolute atomic E-state index is 5.65. The molecule has 2 rings (SSSR count). The number of rotatable bonds is 1. The van der Waals surface area contributed by atoms with E-state index >= 15 is 0 Å². The topological polar surface area (TPSA) is 82.8 Å². The molecule has 4 N–H and O–H groups in total. The predicted molar refractivity (Wildman–Crippen MR) is 50.2 cm³/mol. The highest BCUT2D eigenvalue weighted by molar-refractivity contribution is 5.66. The predicted octanol–water partition coefficient (Wildman–Crippen LogP) is 0.432. The molecule has 1 aromatic heterocycles. The van der Waals surface area contributed by atoms with Gasteiger partial charge < -0.3 is 11.5 Å². The summed E-state index contributed by atoms with van der Waals surface area (Å²) in [4.78, 5) is 0. The van der Waals surface area contributed by atoms with Gasteiger partial charge in [-0.1, -0.05) is 0 Å². The van der Waals surface area contributed by atoms with E-state index in [1.54, 1.807) is 29.4 Å². The number of aromatic nitrogens is 3. The Balaban J connectivity index is 2.49. The summed E-state index contributed by atoms with van der Waals surface area (Å²) in [6.07, 6.45) is 3.20. The molecule has 0 aliphatic carbocycles. The van der Waals surface area contributed by atoms with Gasteiger partial charge in [0, 0.05) is 0 Å². The van der Waals surface area contributed by atoms with Gasteiger partial charge >= 0.3 is 0 Å². The van der Waals surface area contributed by atoms with Gasteiger partial charge in [0.1, 0.15) is 12.7 Å². The van der Waals surface area contributed by atoms with Gasteiger partial charge in [0.2, 0.25) is 0 Å². The Morgan fingerprint density at radius 1 is 1.00 bits per heavy atom. The average molecular weight is 175 g/mol. The van der Waals surface area contributed by atoms with Gasteiger partial charge in [-0.3, -0.25) is 4.57 Å². The minimum absolute atomic E-state index is 0.561. The maximum Gasteiger partial charge on any atom is 0.123 e. The van der Waals surface area contributed by atoms with Crippen molar-refractivity contribution in [3.05, 3.63) is 30.9 Å². The number of anilines is 2. The quantitative estimate of drug-likeness (QED) is 0.616. The second-order valence-corrected chi connectivity index (χ2v) is 2.68. The van der Waals surface area contributed by atoms with E-state index in [9.17, 15) is 0 Å². The molecule has 0 radical (unpaired) electrons. The van der Waals surface area contributed by atoms with Crippen molar-refractivity contribution in [2.75, 3.05) is 11.5 Å². The first-order valence-corrected chi connectivity index (χ1v) is 3.77. The van der Waals surface area contributed by atoms with Gasteiger partial charge in [-0.25, -0.2) is 0 Å². The van der Waals surface area contributed by atoms with Crippen LogP contribution in [0.4, 0.5) is 11.4 Å². The second-order valence-electron chi connectivity index (χ2n) is 2.68. The first-order chi connectivity index (χ1) is 6.27. The molecule has 1 heterocycles. The van der Waals surface area contributed by atoms with E-state index in [4.69, 9.17) is 11.5 Å². The molecule has 0 fully saturated rings. The molecule has 13 heavy (non-hydrogen) atoms. The first kappa shape index (κ1) is 7.60. The van der Waals surface area contributed by atoms with Crippen molar-refractivity contribution in [3.63, 3.8) is 0 Å². The molecule has 0 bridgehead atoms. The summed E-state index contributed by atoms with van der Waals surface area (Å²) in [5.74, 6) is 0. The smallest absolute Gasteiger partial charge is 0.123 e. The molecule has 2 aromatic rings. The van der Waals surface area contributed by atoms with Crippen molar-refractivity contribution < 1.29 is 0 Å². The number of hydrogen-bond donors (Lipinski definition) is 2. The standard InChI is InChI=1S/C8H9N5/c9-7-2-1-6(3-8(7)10)13-4-11-12-5-13/h1-5H,9-10H2. The number of nitrogens with zero attached hydrogens (tertiary/aromatic N) is 3. The zero-order chi connectivity index (χ0) is 9.26. The van der Waals surface area contributed by atoms with Crippen molar-refractivity contribution in [2.24, 2.45) is 0 Å². The van der Waals surface area contributed by atoms with E-state index in [0.717, 1.165) is 5.69 Å². The summed E-state index contributed by atoms with van der Waals surface area (Å²) in [5, 5.41) is 7.38. The number of hydrogen-bond acceptors (Lipinski definition) is 4. The van der Waals surface area contributed by atoms with Crippen molar-refractivity contribution in [2.45, 2.75) is 0 Å². The van der Waals surface area contributed by atoms with Gasteiger partial charge in [-0.05, 0) is 18.2 Å². The summed E-state index contributed by atoms with van der Waals surface area (Å²) in [6.45, 7) is 0. The summed E-state index contributed by atoms with van der Waals surface area (Å²) in [7, 11) is 0. The molecule has 66 valence electrons. The third-order valence-electron chi connectivity index (χ3n) is 1.79. The Morgan fingerprint density at radius 2 is 1.69 bits per heavy atom. The van der Waals surface area contributed by atoms with Crippen LogP contribution in [0.2, 0.25) is 0 Å². The number of nitrogens with two attached hydrogens (primary N) is 2. The van der Waals surface area contributed by atoms with Crippen LogP contribution in [0.25, 0.3) is 5.69 Å². The molecule has 0 atom stereocenters. The van der Waals surface area contributed by atoms with Crippen LogP contribution < -0.4 is 11.5 Å². The normalized spacial score (nSPS) is 10.2. The highest BCUT2D eigenvalue weighted by Gasteiger charge is 1.98. The average Bonchev–Trinajstić information content (AvgIpc) is 2.62. The Kier molecular flexibility index (Phi) is 1.63. The molecule has 0 saturated carbocycles. The van der Waals surface area contributed by atoms with E-state index in [0.29, 0.717) is 11.4 Å². The first-order valence-electron chi connectivity index (χ1n) is 3.77. The highest BCUT2D eigenvalue weighted by Crippen LogP contribution is 2.18. The SMILES string of the molecule is Nc1ccc(-n2cnnc2)cc1N. The third kappa shape index (κ3) is 1.31. The van der Waals surface area contributed by atoms with Crippen LogP contribution in [0.15, 0.2) is 30.9 Å². The Hall–Kier alpha value is -2.04. The van der Waals surface area contributed by atoms with Crippen LogP contribution >= 0.6 is 0 Å². The monoisotopic (exact) mass is 175 g/mol. The van der Waals surface area contributed by atoms with Gasteiger partial charge in [0.25, 0.3) is 0 Å². The Bertz CT molecular complexity index is 406. The van der Waals surface area contributed by atoms with Crippen molar-refractivity contribution in [1.82, 2.24) is 14.8 Å². The lowest BCUT2D eigenvalue weighted by atomic mass is 10.2. The van der Waals surface area contributed by atoms with Crippen LogP contribution in [0.3, 0.4) is 0 Å². The van der Waals surface area contributed by atoms with Gasteiger partial charge in [0.05, 0.1) is 17.1 Å². The fourth-order valence-electron chi connectivity index (χ4n) is 1.06. The highest BCUT2D eigenvalue weighted by atomic mass is 15.2. The van der Waals surface area contributed by atoms with Crippen LogP contribution in [-0.4, -0.2) is 14.8 Å². The fraction of sp³-hybridized carbons (Fsp3) is 0. The van der Waals surface area contributed by atoms with Crippen LogP contribution in [0.5, 0.6) is 0 Å². The molecule has 5 nitrogen and oxygen atoms in total. The molecule has 5 heteroatoms. The van der Waals surface area contributed by atoms with Crippen LogP contribution in [-0.2, 0) is 0 Å². The minimum Gasteiger partial charge on any atom is -0.397 e.